The quantitative estimate of drug-likeness (QED) is 0.541. The number of hydrogen-bond donors (Lipinski definition) is 1. The fraction of sp³-hybridized carbons (Fsp3) is 0.667. The van der Waals surface area contributed by atoms with E-state index in [0.717, 1.165) is 25.7 Å². The lowest BCUT2D eigenvalue weighted by Crippen LogP contribution is -2.53. The van der Waals surface area contributed by atoms with E-state index in [1.165, 1.54) is 17.8 Å². The summed E-state index contributed by atoms with van der Waals surface area (Å²) in [5.74, 6) is 0. The average Bonchev–Trinajstić information content (AvgIpc) is 3.24. The average molecular weight is 495 g/mol. The van der Waals surface area contributed by atoms with E-state index in [1.807, 2.05) is 5.32 Å². The Kier molecular flexibility index (Phi) is 6.81. The summed E-state index contributed by atoms with van der Waals surface area (Å²) in [6, 6.07) is -0.145. The molecule has 0 bridgehead atoms. The maximum Gasteiger partial charge on any atom is 0.413 e. The fourth-order valence-electron chi connectivity index (χ4n) is 3.79. The number of nitrogens with zero attached hydrogens (tertiary/aromatic N) is 4. The Morgan fingerprint density at radius 1 is 1.24 bits per heavy atom. The smallest absolute Gasteiger partial charge is 0.382 e. The molecule has 0 aromatic carbocycles. The number of carbonyl (C=O) groups is 1. The molecule has 190 valence electrons. The molecular weight excluding hydrogens is 468 g/mol. The number of ether oxygens (including phenoxy) is 1. The third kappa shape index (κ3) is 5.08. The van der Waals surface area contributed by atoms with Gasteiger partial charge in [-0.1, -0.05) is 13.8 Å². The molecule has 1 N–H and O–H groups in total. The molecule has 0 saturated carbocycles. The first-order chi connectivity index (χ1) is 15.6. The van der Waals surface area contributed by atoms with Gasteiger partial charge in [-0.05, 0) is 32.3 Å². The van der Waals surface area contributed by atoms with E-state index in [9.17, 15) is 31.1 Å². The van der Waals surface area contributed by atoms with Crippen LogP contribution >= 0.6 is 0 Å². The number of rotatable bonds is 8. The Balaban J connectivity index is 1.79. The van der Waals surface area contributed by atoms with Crippen LogP contribution < -0.4 is 5.32 Å². The summed E-state index contributed by atoms with van der Waals surface area (Å²) in [6.45, 7) is 2.54. The van der Waals surface area contributed by atoms with Crippen LogP contribution in [0.4, 0.5) is 31.1 Å². The first kappa shape index (κ1) is 26.0. The number of aryl methyl sites for hydroxylation is 1. The van der Waals surface area contributed by atoms with Gasteiger partial charge in [0.15, 0.2) is 11.2 Å². The van der Waals surface area contributed by atoms with Crippen molar-refractivity contribution < 1.29 is 35.9 Å². The number of methoxy groups -OCH3 is 1. The zero-order valence-electron chi connectivity index (χ0n) is 19.2. The van der Waals surface area contributed by atoms with Crippen LogP contribution in [0.25, 0.3) is 5.65 Å². The SMILES string of the molecule is COC[C@H](c1cnn2cc(CCCC(C)(C)C(F)(F)F)nc2c1)N1C[C@@](C)(C(F)(F)F)NC1=O. The molecule has 0 unspecified atom stereocenters. The molecule has 7 nitrogen and oxygen atoms in total. The summed E-state index contributed by atoms with van der Waals surface area (Å²) >= 11 is 0. The molecule has 1 aliphatic heterocycles. The van der Waals surface area contributed by atoms with Crippen molar-refractivity contribution in [1.29, 1.82) is 0 Å². The van der Waals surface area contributed by atoms with Crippen molar-refractivity contribution in [2.75, 3.05) is 20.3 Å². The van der Waals surface area contributed by atoms with Crippen LogP contribution in [0, 0.1) is 5.41 Å². The molecular formula is C21H27F6N5O2. The molecule has 3 heterocycles. The Morgan fingerprint density at radius 3 is 2.47 bits per heavy atom. The molecule has 3 rings (SSSR count). The highest BCUT2D eigenvalue weighted by atomic mass is 19.4. The number of alkyl halides is 6. The largest absolute Gasteiger partial charge is 0.413 e. The summed E-state index contributed by atoms with van der Waals surface area (Å²) in [5, 5.41) is 6.22. The van der Waals surface area contributed by atoms with Crippen molar-refractivity contribution in [2.24, 2.45) is 5.41 Å². The van der Waals surface area contributed by atoms with Crippen LogP contribution in [0.2, 0.25) is 0 Å². The highest BCUT2D eigenvalue weighted by molar-refractivity contribution is 5.78. The molecule has 2 aromatic rings. The van der Waals surface area contributed by atoms with Crippen LogP contribution in [0.5, 0.6) is 0 Å². The van der Waals surface area contributed by atoms with Crippen molar-refractivity contribution in [2.45, 2.75) is 64.0 Å². The standard InChI is InChI=1S/C21H27F6N5O2/c1-18(2,20(22,23)24)7-5-6-14-10-32-16(29-14)8-13(9-28-32)15(11-34-4)31-12-19(3,21(25,26)27)30-17(31)33/h8-10,15H,5-7,11-12H2,1-4H3,(H,30,33)/t15-,19+/m1/s1. The van der Waals surface area contributed by atoms with E-state index in [4.69, 9.17) is 4.74 Å². The van der Waals surface area contributed by atoms with E-state index in [0.29, 0.717) is 23.3 Å². The van der Waals surface area contributed by atoms with Gasteiger partial charge in [0.25, 0.3) is 0 Å². The summed E-state index contributed by atoms with van der Waals surface area (Å²) in [6.07, 6.45) is -5.45. The number of urea groups is 1. The number of fused-ring (bicyclic) bond motifs is 1. The third-order valence-corrected chi connectivity index (χ3v) is 6.23. The maximum absolute atomic E-state index is 13.4. The minimum atomic E-state index is -4.64. The Morgan fingerprint density at radius 2 is 1.91 bits per heavy atom. The molecule has 1 saturated heterocycles. The molecule has 13 heteroatoms. The lowest BCUT2D eigenvalue weighted by atomic mass is 9.86. The Labute approximate surface area is 192 Å². The monoisotopic (exact) mass is 495 g/mol. The summed E-state index contributed by atoms with van der Waals surface area (Å²) < 4.78 is 86.0. The minimum Gasteiger partial charge on any atom is -0.382 e. The van der Waals surface area contributed by atoms with Crippen molar-refractivity contribution in [3.05, 3.63) is 29.7 Å². The van der Waals surface area contributed by atoms with Crippen molar-refractivity contribution in [1.82, 2.24) is 24.8 Å². The van der Waals surface area contributed by atoms with Crippen molar-refractivity contribution in [3.8, 4) is 0 Å². The molecule has 1 fully saturated rings. The van der Waals surface area contributed by atoms with Gasteiger partial charge in [0.2, 0.25) is 0 Å². The molecule has 0 spiro atoms. The summed E-state index contributed by atoms with van der Waals surface area (Å²) in [4.78, 5) is 17.8. The van der Waals surface area contributed by atoms with E-state index in [1.54, 1.807) is 12.3 Å². The number of imidazole rings is 1. The molecule has 0 aliphatic carbocycles. The predicted octanol–water partition coefficient (Wildman–Crippen LogP) is 4.67. The van der Waals surface area contributed by atoms with Crippen molar-refractivity contribution in [3.63, 3.8) is 0 Å². The molecule has 0 radical (unpaired) electrons. The molecule has 2 atom stereocenters. The molecule has 2 amide bonds. The van der Waals surface area contributed by atoms with Gasteiger partial charge in [-0.3, -0.25) is 0 Å². The van der Waals surface area contributed by atoms with Gasteiger partial charge in [0.05, 0.1) is 42.7 Å². The van der Waals surface area contributed by atoms with Gasteiger partial charge in [-0.15, -0.1) is 0 Å². The van der Waals surface area contributed by atoms with Crippen LogP contribution in [0.3, 0.4) is 0 Å². The summed E-state index contributed by atoms with van der Waals surface area (Å²) in [5.41, 5.74) is -2.90. The topological polar surface area (TPSA) is 71.8 Å². The van der Waals surface area contributed by atoms with E-state index >= 15 is 0 Å². The van der Waals surface area contributed by atoms with E-state index < -0.39 is 41.9 Å². The zero-order valence-corrected chi connectivity index (χ0v) is 19.2. The highest BCUT2D eigenvalue weighted by Crippen LogP contribution is 2.41. The second kappa shape index (κ2) is 8.90. The van der Waals surface area contributed by atoms with Crippen molar-refractivity contribution >= 4 is 11.7 Å². The molecule has 34 heavy (non-hydrogen) atoms. The van der Waals surface area contributed by atoms with Crippen LogP contribution in [0.1, 0.15) is 50.9 Å². The van der Waals surface area contributed by atoms with Crippen LogP contribution in [-0.4, -0.2) is 63.7 Å². The number of hydrogen-bond acceptors (Lipinski definition) is 4. The number of aromatic nitrogens is 3. The fourth-order valence-corrected chi connectivity index (χ4v) is 3.79. The number of carbonyl (C=O) groups excluding carboxylic acids is 1. The maximum atomic E-state index is 13.4. The lowest BCUT2D eigenvalue weighted by Gasteiger charge is -2.29. The number of halogens is 6. The lowest BCUT2D eigenvalue weighted by molar-refractivity contribution is -0.213. The van der Waals surface area contributed by atoms with Gasteiger partial charge in [0, 0.05) is 12.7 Å². The number of amides is 2. The van der Waals surface area contributed by atoms with Gasteiger partial charge < -0.3 is 15.0 Å². The van der Waals surface area contributed by atoms with Gasteiger partial charge in [0.1, 0.15) is 0 Å². The predicted molar refractivity (Wildman–Crippen MR) is 110 cm³/mol. The van der Waals surface area contributed by atoms with E-state index in [2.05, 4.69) is 10.1 Å². The molecule has 2 aromatic heterocycles. The van der Waals surface area contributed by atoms with Crippen LogP contribution in [0.15, 0.2) is 18.5 Å². The highest BCUT2D eigenvalue weighted by Gasteiger charge is 2.58. The minimum absolute atomic E-state index is 0.0684. The summed E-state index contributed by atoms with van der Waals surface area (Å²) in [7, 11) is 1.37. The second-order valence-electron chi connectivity index (χ2n) is 9.42. The van der Waals surface area contributed by atoms with E-state index in [-0.39, 0.29) is 19.4 Å². The van der Waals surface area contributed by atoms with Crippen LogP contribution in [-0.2, 0) is 11.2 Å². The van der Waals surface area contributed by atoms with Gasteiger partial charge in [-0.2, -0.15) is 31.4 Å². The number of nitrogens with one attached hydrogen (secondary N) is 1. The molecule has 1 aliphatic rings. The van der Waals surface area contributed by atoms with Gasteiger partial charge >= 0.3 is 18.4 Å². The Hall–Kier alpha value is -2.57. The first-order valence-electron chi connectivity index (χ1n) is 10.6. The Bertz CT molecular complexity index is 1030. The first-order valence-corrected chi connectivity index (χ1v) is 10.6. The zero-order chi connectivity index (χ0) is 25.5. The third-order valence-electron chi connectivity index (χ3n) is 6.23. The van der Waals surface area contributed by atoms with Gasteiger partial charge in [-0.25, -0.2) is 14.3 Å². The second-order valence-corrected chi connectivity index (χ2v) is 9.42. The normalized spacial score (nSPS) is 20.8.